The van der Waals surface area contributed by atoms with E-state index < -0.39 is 14.9 Å². The van der Waals surface area contributed by atoms with Crippen LogP contribution in [0.15, 0.2) is 42.5 Å². The molecule has 1 amide bonds. The largest absolute Gasteiger partial charge is 0.637 e. The Hall–Kier alpha value is -3.24. The molecule has 2 rings (SSSR count). The van der Waals surface area contributed by atoms with Crippen LogP contribution in [0.5, 0.6) is 0 Å². The summed E-state index contributed by atoms with van der Waals surface area (Å²) in [4.78, 5) is 23.1. The second-order valence-corrected chi connectivity index (χ2v) is 8.36. The number of hydrogen-bond donors (Lipinski definition) is 3. The molecule has 0 aliphatic carbocycles. The van der Waals surface area contributed by atoms with Crippen molar-refractivity contribution in [2.45, 2.75) is 32.7 Å². The molecule has 0 aliphatic heterocycles. The van der Waals surface area contributed by atoms with Crippen LogP contribution in [0.3, 0.4) is 0 Å². The lowest BCUT2D eigenvalue weighted by Crippen LogP contribution is -2.21. The minimum atomic E-state index is -3.14. The van der Waals surface area contributed by atoms with Crippen molar-refractivity contribution in [1.82, 2.24) is 5.32 Å². The van der Waals surface area contributed by atoms with E-state index in [1.807, 2.05) is 24.3 Å². The summed E-state index contributed by atoms with van der Waals surface area (Å²) in [5, 5.41) is 2.66. The topological polar surface area (TPSA) is 78.4 Å². The number of amides is 1. The molecule has 29 heavy (non-hydrogen) atoms. The van der Waals surface area contributed by atoms with Crippen LogP contribution in [0, 0.1) is 18.2 Å². The summed E-state index contributed by atoms with van der Waals surface area (Å²) < 4.78 is 25.1. The van der Waals surface area contributed by atoms with Gasteiger partial charge < -0.3 is 19.6 Å². The smallest absolute Gasteiger partial charge is 0.525 e. The molecule has 150 valence electrons. The molecule has 0 atom stereocenters. The highest BCUT2D eigenvalue weighted by Gasteiger charge is 2.14. The first-order valence-electron chi connectivity index (χ1n) is 8.95. The fourth-order valence-electron chi connectivity index (χ4n) is 2.63. The molecule has 0 aliphatic rings. The number of nitrogens with one attached hydrogen (secondary N) is 2. The monoisotopic (exact) mass is 410 g/mol. The highest BCUT2D eigenvalue weighted by molar-refractivity contribution is 6.38. The molecule has 7 heteroatoms. The van der Waals surface area contributed by atoms with Gasteiger partial charge in [0, 0.05) is 12.6 Å². The first kappa shape index (κ1) is 22.1. The maximum Gasteiger partial charge on any atom is 0.637 e. The minimum Gasteiger partial charge on any atom is -0.525 e. The molecule has 0 unspecified atom stereocenters. The molecular weight excluding hydrogens is 387 g/mol. The lowest BCUT2D eigenvalue weighted by Gasteiger charge is -2.18. The van der Waals surface area contributed by atoms with Gasteiger partial charge in [0.15, 0.2) is 0 Å². The fraction of sp³-hybridized carbons (Fsp3) is 0.227. The molecule has 0 radical (unpaired) electrons. The van der Waals surface area contributed by atoms with Gasteiger partial charge in [-0.25, -0.2) is 4.39 Å². The van der Waals surface area contributed by atoms with E-state index in [4.69, 9.17) is 11.2 Å². The molecule has 0 fully saturated rings. The maximum atomic E-state index is 14.1. The van der Waals surface area contributed by atoms with Crippen molar-refractivity contribution in [3.05, 3.63) is 70.5 Å². The number of carbonyl (C=O) groups is 1. The number of benzene rings is 2. The number of carbonyl (C=O) groups excluding carboxylic acids is 1. The Balaban J connectivity index is 2.02. The average Bonchev–Trinajstić information content (AvgIpc) is 2.65. The van der Waals surface area contributed by atoms with Crippen LogP contribution >= 0.6 is 0 Å². The summed E-state index contributed by atoms with van der Waals surface area (Å²) in [6.07, 6.45) is 8.44. The van der Waals surface area contributed by atoms with Crippen molar-refractivity contribution in [3.8, 4) is 12.3 Å². The van der Waals surface area contributed by atoms with E-state index in [1.54, 1.807) is 6.08 Å². The molecule has 3 N–H and O–H groups in total. The van der Waals surface area contributed by atoms with E-state index in [0.29, 0.717) is 5.56 Å². The van der Waals surface area contributed by atoms with Crippen LogP contribution in [0.1, 0.15) is 43.0 Å². The quantitative estimate of drug-likeness (QED) is 0.388. The van der Waals surface area contributed by atoms with Gasteiger partial charge in [0.1, 0.15) is 5.82 Å². The number of anilines is 1. The van der Waals surface area contributed by atoms with Gasteiger partial charge in [0.05, 0.1) is 11.3 Å². The molecule has 0 heterocycles. The van der Waals surface area contributed by atoms with Crippen molar-refractivity contribution in [1.29, 1.82) is 0 Å². The SMILES string of the molecule is C#Cc1cc(CNC(=O)/C=C/c2ccc(C(C)(C)C)cc2)cc(F)c1N[Si](=O)O. The average molecular weight is 411 g/mol. The van der Waals surface area contributed by atoms with Crippen molar-refractivity contribution in [2.75, 3.05) is 4.98 Å². The molecule has 0 saturated heterocycles. The molecule has 5 nitrogen and oxygen atoms in total. The van der Waals surface area contributed by atoms with Crippen LogP contribution in [0.4, 0.5) is 10.1 Å². The van der Waals surface area contributed by atoms with Gasteiger partial charge in [-0.2, -0.15) is 0 Å². The second-order valence-electron chi connectivity index (χ2n) is 7.50. The molecule has 0 aromatic heterocycles. The fourth-order valence-corrected chi connectivity index (χ4v) is 3.09. The van der Waals surface area contributed by atoms with Crippen molar-refractivity contribution in [2.24, 2.45) is 0 Å². The Morgan fingerprint density at radius 2 is 1.93 bits per heavy atom. The van der Waals surface area contributed by atoms with Crippen LogP contribution < -0.4 is 10.3 Å². The van der Waals surface area contributed by atoms with E-state index in [9.17, 15) is 13.6 Å². The first-order valence-corrected chi connectivity index (χ1v) is 10.3. The molecule has 0 spiro atoms. The normalized spacial score (nSPS) is 11.1. The Morgan fingerprint density at radius 3 is 2.48 bits per heavy atom. The van der Waals surface area contributed by atoms with E-state index in [0.717, 1.165) is 11.6 Å². The minimum absolute atomic E-state index is 0.0601. The Bertz CT molecular complexity index is 987. The molecular formula is C22H23FN2O3Si. The van der Waals surface area contributed by atoms with Crippen LogP contribution in [0.2, 0.25) is 0 Å². The van der Waals surface area contributed by atoms with Gasteiger partial charge in [-0.3, -0.25) is 4.79 Å². The van der Waals surface area contributed by atoms with E-state index >= 15 is 0 Å². The lowest BCUT2D eigenvalue weighted by molar-refractivity contribution is -0.116. The summed E-state index contributed by atoms with van der Waals surface area (Å²) in [6.45, 7) is 6.46. The number of rotatable bonds is 6. The third kappa shape index (κ3) is 6.40. The summed E-state index contributed by atoms with van der Waals surface area (Å²) in [5.41, 5.74) is 2.50. The van der Waals surface area contributed by atoms with Crippen LogP contribution in [0.25, 0.3) is 6.08 Å². The third-order valence-corrected chi connectivity index (χ3v) is 4.67. The predicted molar refractivity (Wildman–Crippen MR) is 113 cm³/mol. The highest BCUT2D eigenvalue weighted by atomic mass is 28.3. The summed E-state index contributed by atoms with van der Waals surface area (Å²) in [6, 6.07) is 10.6. The predicted octanol–water partition coefficient (Wildman–Crippen LogP) is 3.25. The zero-order valence-corrected chi connectivity index (χ0v) is 17.5. The van der Waals surface area contributed by atoms with Gasteiger partial charge in [0.25, 0.3) is 0 Å². The van der Waals surface area contributed by atoms with Gasteiger partial charge in [-0.1, -0.05) is 51.0 Å². The maximum absolute atomic E-state index is 14.1. The van der Waals surface area contributed by atoms with Crippen molar-refractivity contribution in [3.63, 3.8) is 0 Å². The van der Waals surface area contributed by atoms with Crippen LogP contribution in [-0.4, -0.2) is 19.8 Å². The summed E-state index contributed by atoms with van der Waals surface area (Å²) >= 11 is 0. The lowest BCUT2D eigenvalue weighted by atomic mass is 9.87. The molecule has 2 aromatic carbocycles. The Labute approximate surface area is 171 Å². The number of terminal acetylenes is 1. The summed E-state index contributed by atoms with van der Waals surface area (Å²) in [7, 11) is -3.14. The third-order valence-electron chi connectivity index (χ3n) is 4.21. The van der Waals surface area contributed by atoms with Crippen molar-refractivity contribution >= 4 is 26.8 Å². The Morgan fingerprint density at radius 1 is 1.28 bits per heavy atom. The van der Waals surface area contributed by atoms with Gasteiger partial charge in [-0.05, 0) is 40.3 Å². The Kier molecular flexibility index (Phi) is 7.07. The number of halogens is 1. The number of hydrogen-bond acceptors (Lipinski definition) is 2. The van der Waals surface area contributed by atoms with E-state index in [2.05, 4.69) is 37.0 Å². The summed E-state index contributed by atoms with van der Waals surface area (Å²) in [5.74, 6) is 1.17. The van der Waals surface area contributed by atoms with Crippen molar-refractivity contribution < 1.29 is 18.4 Å². The van der Waals surface area contributed by atoms with E-state index in [1.165, 1.54) is 17.7 Å². The van der Waals surface area contributed by atoms with E-state index in [-0.39, 0.29) is 29.1 Å². The second kappa shape index (κ2) is 9.30. The zero-order chi connectivity index (χ0) is 21.6. The standard InChI is InChI=1S/C22H23FN2O3Si/c1-5-17-12-16(13-19(23)21(17)25-29(27)28)14-24-20(26)11-8-15-6-9-18(10-7-15)22(2,3)4/h1,6-13,25,27H,14H2,2-4H3,(H,24,26)/b11-8+. The molecule has 2 aromatic rings. The molecule has 0 bridgehead atoms. The van der Waals surface area contributed by atoms with Gasteiger partial charge >= 0.3 is 9.09 Å². The zero-order valence-electron chi connectivity index (χ0n) is 16.5. The highest BCUT2D eigenvalue weighted by Crippen LogP contribution is 2.23. The van der Waals surface area contributed by atoms with Gasteiger partial charge in [0.2, 0.25) is 5.91 Å². The van der Waals surface area contributed by atoms with Crippen LogP contribution in [-0.2, 0) is 21.2 Å². The van der Waals surface area contributed by atoms with Gasteiger partial charge in [-0.15, -0.1) is 6.42 Å². The molecule has 0 saturated carbocycles. The first-order chi connectivity index (χ1) is 13.6.